The van der Waals surface area contributed by atoms with Crippen LogP contribution in [0.4, 0.5) is 4.79 Å². The van der Waals surface area contributed by atoms with Gasteiger partial charge in [-0.05, 0) is 18.8 Å². The lowest BCUT2D eigenvalue weighted by Gasteiger charge is -2.06. The molecule has 0 bridgehead atoms. The Kier molecular flexibility index (Phi) is 7.99. The topological polar surface area (TPSA) is 35.5 Å². The molecule has 0 aliphatic heterocycles. The highest BCUT2D eigenvalue weighted by atomic mass is 16.7. The van der Waals surface area contributed by atoms with E-state index in [2.05, 4.69) is 6.92 Å². The number of ether oxygens (including phenoxy) is 2. The zero-order valence-corrected chi connectivity index (χ0v) is 9.29. The standard InChI is InChI=1S/C11H20O3/c1-4-5-6-7-8-13-11(12)14-9-10(2)3/h5-6,10H,4,7-9H2,1-3H3/b6-5+. The van der Waals surface area contributed by atoms with Crippen molar-refractivity contribution in [2.75, 3.05) is 13.2 Å². The number of carbonyl (C=O) groups excluding carboxylic acids is 1. The lowest BCUT2D eigenvalue weighted by Crippen LogP contribution is -2.12. The predicted octanol–water partition coefficient (Wildman–Crippen LogP) is 3.15. The minimum Gasteiger partial charge on any atom is -0.434 e. The molecule has 0 amide bonds. The molecule has 0 unspecified atom stereocenters. The van der Waals surface area contributed by atoms with Gasteiger partial charge in [-0.25, -0.2) is 4.79 Å². The predicted molar refractivity (Wildman–Crippen MR) is 56.2 cm³/mol. The van der Waals surface area contributed by atoms with Crippen LogP contribution in [0.15, 0.2) is 12.2 Å². The minimum atomic E-state index is -0.566. The van der Waals surface area contributed by atoms with E-state index in [0.717, 1.165) is 12.8 Å². The fourth-order valence-corrected chi connectivity index (χ4v) is 0.771. The number of carbonyl (C=O) groups is 1. The summed E-state index contributed by atoms with van der Waals surface area (Å²) in [5, 5.41) is 0. The molecule has 14 heavy (non-hydrogen) atoms. The Hall–Kier alpha value is -0.990. The molecule has 0 radical (unpaired) electrons. The Bertz CT molecular complexity index is 173. The van der Waals surface area contributed by atoms with Crippen LogP contribution in [0, 0.1) is 5.92 Å². The second-order valence-corrected chi connectivity index (χ2v) is 3.47. The minimum absolute atomic E-state index is 0.350. The molecule has 0 aliphatic carbocycles. The SMILES string of the molecule is CC/C=C/CCOC(=O)OCC(C)C. The Labute approximate surface area is 86.1 Å². The monoisotopic (exact) mass is 200 g/mol. The summed E-state index contributed by atoms with van der Waals surface area (Å²) in [5.74, 6) is 0.350. The first-order valence-electron chi connectivity index (χ1n) is 5.11. The Morgan fingerprint density at radius 3 is 2.57 bits per heavy atom. The van der Waals surface area contributed by atoms with Crippen LogP contribution in [-0.4, -0.2) is 19.4 Å². The second-order valence-electron chi connectivity index (χ2n) is 3.47. The van der Waals surface area contributed by atoms with Crippen molar-refractivity contribution in [3.63, 3.8) is 0 Å². The first kappa shape index (κ1) is 13.0. The van der Waals surface area contributed by atoms with Crippen molar-refractivity contribution in [1.82, 2.24) is 0 Å². The molecule has 0 aromatic rings. The van der Waals surface area contributed by atoms with Gasteiger partial charge in [0, 0.05) is 0 Å². The van der Waals surface area contributed by atoms with Gasteiger partial charge in [0.15, 0.2) is 0 Å². The van der Waals surface area contributed by atoms with Gasteiger partial charge in [0.1, 0.15) is 0 Å². The molecule has 0 aromatic carbocycles. The zero-order chi connectivity index (χ0) is 10.8. The molecule has 0 aliphatic rings. The van der Waals surface area contributed by atoms with Crippen LogP contribution in [0.5, 0.6) is 0 Å². The fourth-order valence-electron chi connectivity index (χ4n) is 0.771. The van der Waals surface area contributed by atoms with Crippen molar-refractivity contribution >= 4 is 6.16 Å². The summed E-state index contributed by atoms with van der Waals surface area (Å²) < 4.78 is 9.65. The van der Waals surface area contributed by atoms with Gasteiger partial charge in [-0.2, -0.15) is 0 Å². The molecule has 0 heterocycles. The quantitative estimate of drug-likeness (QED) is 0.375. The van der Waals surface area contributed by atoms with E-state index >= 15 is 0 Å². The van der Waals surface area contributed by atoms with Crippen LogP contribution in [0.2, 0.25) is 0 Å². The third kappa shape index (κ3) is 9.10. The highest BCUT2D eigenvalue weighted by molar-refractivity contribution is 5.59. The third-order valence-corrected chi connectivity index (χ3v) is 1.44. The summed E-state index contributed by atoms with van der Waals surface area (Å²) in [5.41, 5.74) is 0. The zero-order valence-electron chi connectivity index (χ0n) is 9.29. The summed E-state index contributed by atoms with van der Waals surface area (Å²) in [7, 11) is 0. The first-order valence-corrected chi connectivity index (χ1v) is 5.11. The molecule has 0 atom stereocenters. The molecular weight excluding hydrogens is 180 g/mol. The van der Waals surface area contributed by atoms with Gasteiger partial charge in [0.05, 0.1) is 13.2 Å². The average molecular weight is 200 g/mol. The summed E-state index contributed by atoms with van der Waals surface area (Å²) in [6, 6.07) is 0. The van der Waals surface area contributed by atoms with Gasteiger partial charge in [0.2, 0.25) is 0 Å². The Balaban J connectivity index is 3.31. The van der Waals surface area contributed by atoms with Gasteiger partial charge >= 0.3 is 6.16 Å². The lowest BCUT2D eigenvalue weighted by molar-refractivity contribution is 0.0487. The van der Waals surface area contributed by atoms with Crippen LogP contribution < -0.4 is 0 Å². The highest BCUT2D eigenvalue weighted by Gasteiger charge is 2.03. The number of hydrogen-bond donors (Lipinski definition) is 0. The highest BCUT2D eigenvalue weighted by Crippen LogP contribution is 1.96. The average Bonchev–Trinajstić information content (AvgIpc) is 2.14. The normalized spacial score (nSPS) is 10.9. The Morgan fingerprint density at radius 2 is 2.00 bits per heavy atom. The first-order chi connectivity index (χ1) is 6.66. The van der Waals surface area contributed by atoms with Gasteiger partial charge in [0.25, 0.3) is 0 Å². The van der Waals surface area contributed by atoms with Crippen LogP contribution in [0.3, 0.4) is 0 Å². The van der Waals surface area contributed by atoms with E-state index in [1.165, 1.54) is 0 Å². The summed E-state index contributed by atoms with van der Waals surface area (Å²) in [6.07, 6.45) is 5.24. The van der Waals surface area contributed by atoms with Gasteiger partial charge in [-0.1, -0.05) is 32.9 Å². The maximum absolute atomic E-state index is 10.9. The lowest BCUT2D eigenvalue weighted by atomic mass is 10.2. The van der Waals surface area contributed by atoms with E-state index in [9.17, 15) is 4.79 Å². The molecule has 82 valence electrons. The van der Waals surface area contributed by atoms with Crippen LogP contribution >= 0.6 is 0 Å². The van der Waals surface area contributed by atoms with Crippen LogP contribution in [-0.2, 0) is 9.47 Å². The Morgan fingerprint density at radius 1 is 1.29 bits per heavy atom. The molecule has 0 aromatic heterocycles. The molecule has 3 nitrogen and oxygen atoms in total. The molecular formula is C11H20O3. The molecule has 0 rings (SSSR count). The molecule has 0 saturated heterocycles. The van der Waals surface area contributed by atoms with E-state index in [1.54, 1.807) is 0 Å². The molecule has 3 heteroatoms. The van der Waals surface area contributed by atoms with Gasteiger partial charge in [-0.3, -0.25) is 0 Å². The van der Waals surface area contributed by atoms with Crippen molar-refractivity contribution in [3.05, 3.63) is 12.2 Å². The van der Waals surface area contributed by atoms with E-state index < -0.39 is 6.16 Å². The van der Waals surface area contributed by atoms with E-state index in [0.29, 0.717) is 19.1 Å². The molecule has 0 N–H and O–H groups in total. The summed E-state index contributed by atoms with van der Waals surface area (Å²) >= 11 is 0. The summed E-state index contributed by atoms with van der Waals surface area (Å²) in [4.78, 5) is 10.9. The third-order valence-electron chi connectivity index (χ3n) is 1.44. The molecule has 0 saturated carbocycles. The molecule has 0 fully saturated rings. The summed E-state index contributed by atoms with van der Waals surface area (Å²) in [6.45, 7) is 6.85. The molecule has 0 spiro atoms. The van der Waals surface area contributed by atoms with E-state index in [-0.39, 0.29) is 0 Å². The van der Waals surface area contributed by atoms with Crippen LogP contribution in [0.25, 0.3) is 0 Å². The maximum Gasteiger partial charge on any atom is 0.508 e. The number of allylic oxidation sites excluding steroid dienone is 1. The van der Waals surface area contributed by atoms with Crippen molar-refractivity contribution in [2.24, 2.45) is 5.92 Å². The van der Waals surface area contributed by atoms with Gasteiger partial charge in [-0.15, -0.1) is 0 Å². The van der Waals surface area contributed by atoms with Crippen molar-refractivity contribution < 1.29 is 14.3 Å². The second kappa shape index (κ2) is 8.60. The van der Waals surface area contributed by atoms with Crippen molar-refractivity contribution in [2.45, 2.75) is 33.6 Å². The van der Waals surface area contributed by atoms with Crippen LogP contribution in [0.1, 0.15) is 33.6 Å². The maximum atomic E-state index is 10.9. The van der Waals surface area contributed by atoms with E-state index in [1.807, 2.05) is 26.0 Å². The van der Waals surface area contributed by atoms with E-state index in [4.69, 9.17) is 9.47 Å². The fraction of sp³-hybridized carbons (Fsp3) is 0.727. The number of rotatable bonds is 6. The number of hydrogen-bond acceptors (Lipinski definition) is 3. The largest absolute Gasteiger partial charge is 0.508 e. The smallest absolute Gasteiger partial charge is 0.434 e. The van der Waals surface area contributed by atoms with Crippen molar-refractivity contribution in [3.8, 4) is 0 Å². The van der Waals surface area contributed by atoms with Crippen molar-refractivity contribution in [1.29, 1.82) is 0 Å². The van der Waals surface area contributed by atoms with Gasteiger partial charge < -0.3 is 9.47 Å².